The van der Waals surface area contributed by atoms with Gasteiger partial charge >= 0.3 is 0 Å². The third kappa shape index (κ3) is 3.49. The third-order valence-corrected chi connectivity index (χ3v) is 6.16. The van der Waals surface area contributed by atoms with Crippen LogP contribution in [0.3, 0.4) is 0 Å². The number of primary amides is 1. The topological polar surface area (TPSA) is 86.3 Å². The zero-order valence-electron chi connectivity index (χ0n) is 17.3. The number of hydrogen-bond donors (Lipinski definition) is 1. The van der Waals surface area contributed by atoms with Crippen LogP contribution in [0.2, 0.25) is 0 Å². The van der Waals surface area contributed by atoms with E-state index in [4.69, 9.17) is 15.5 Å². The maximum Gasteiger partial charge on any atom is 0.237 e. The van der Waals surface area contributed by atoms with E-state index in [1.165, 1.54) is 17.7 Å². The van der Waals surface area contributed by atoms with Crippen LogP contribution in [0.25, 0.3) is 10.9 Å². The molecule has 0 saturated carbocycles. The lowest BCUT2D eigenvalue weighted by Gasteiger charge is -2.34. The van der Waals surface area contributed by atoms with Gasteiger partial charge in [0.1, 0.15) is 30.0 Å². The second-order valence-corrected chi connectivity index (χ2v) is 8.28. The number of piperidine rings is 1. The van der Waals surface area contributed by atoms with E-state index in [2.05, 4.69) is 9.88 Å². The summed E-state index contributed by atoms with van der Waals surface area (Å²) in [5.74, 6) is 2.53. The Balaban J connectivity index is 1.29. The van der Waals surface area contributed by atoms with E-state index in [1.54, 1.807) is 0 Å². The molecule has 0 radical (unpaired) electrons. The van der Waals surface area contributed by atoms with Crippen molar-refractivity contribution < 1.29 is 9.53 Å². The monoisotopic (exact) mass is 405 g/mol. The first kappa shape index (κ1) is 18.9. The van der Waals surface area contributed by atoms with Crippen molar-refractivity contribution >= 4 is 22.6 Å². The molecule has 156 valence electrons. The van der Waals surface area contributed by atoms with Gasteiger partial charge in [-0.15, -0.1) is 0 Å². The maximum atomic E-state index is 11.3. The zero-order chi connectivity index (χ0) is 20.7. The van der Waals surface area contributed by atoms with Crippen LogP contribution in [-0.4, -0.2) is 39.6 Å². The van der Waals surface area contributed by atoms with Gasteiger partial charge in [-0.1, -0.05) is 6.07 Å². The minimum Gasteiger partial charge on any atom is -0.490 e. The summed E-state index contributed by atoms with van der Waals surface area (Å²) in [6.07, 6.45) is 7.31. The minimum absolute atomic E-state index is 0.169. The Morgan fingerprint density at radius 2 is 2.03 bits per heavy atom. The molecule has 0 bridgehead atoms. The fourth-order valence-corrected chi connectivity index (χ4v) is 4.76. The van der Waals surface area contributed by atoms with Gasteiger partial charge in [0.05, 0.1) is 5.52 Å². The number of amides is 1. The predicted molar refractivity (Wildman–Crippen MR) is 116 cm³/mol. The number of anilines is 1. The zero-order valence-corrected chi connectivity index (χ0v) is 17.3. The Hall–Kier alpha value is -3.09. The number of benzene rings is 1. The van der Waals surface area contributed by atoms with E-state index in [1.807, 2.05) is 42.0 Å². The molecular formula is C23H27N5O2. The van der Waals surface area contributed by atoms with Crippen LogP contribution in [0, 0.1) is 6.92 Å². The van der Waals surface area contributed by atoms with Gasteiger partial charge in [-0.25, -0.2) is 9.97 Å². The summed E-state index contributed by atoms with van der Waals surface area (Å²) in [5.41, 5.74) is 8.92. The molecule has 0 spiro atoms. The number of nitrogens with zero attached hydrogens (tertiary/aromatic N) is 4. The van der Waals surface area contributed by atoms with Crippen molar-refractivity contribution in [3.05, 3.63) is 47.5 Å². The number of rotatable bonds is 5. The normalized spacial score (nSPS) is 16.8. The Labute approximate surface area is 175 Å². The van der Waals surface area contributed by atoms with Gasteiger partial charge in [0.15, 0.2) is 0 Å². The summed E-state index contributed by atoms with van der Waals surface area (Å²) < 4.78 is 8.26. The fourth-order valence-electron chi connectivity index (χ4n) is 4.76. The summed E-state index contributed by atoms with van der Waals surface area (Å²) in [6, 6.07) is 7.96. The smallest absolute Gasteiger partial charge is 0.237 e. The first-order valence-corrected chi connectivity index (χ1v) is 10.7. The van der Waals surface area contributed by atoms with Crippen molar-refractivity contribution in [3.63, 3.8) is 0 Å². The highest BCUT2D eigenvalue weighted by Gasteiger charge is 2.27. The van der Waals surface area contributed by atoms with Gasteiger partial charge in [-0.05, 0) is 44.4 Å². The lowest BCUT2D eigenvalue weighted by molar-refractivity contribution is -0.118. The van der Waals surface area contributed by atoms with Crippen molar-refractivity contribution in [2.24, 2.45) is 5.73 Å². The molecule has 0 atom stereocenters. The molecule has 2 aromatic heterocycles. The molecule has 30 heavy (non-hydrogen) atoms. The maximum absolute atomic E-state index is 11.3. The molecule has 1 amide bonds. The van der Waals surface area contributed by atoms with Crippen LogP contribution in [0.4, 0.5) is 5.82 Å². The highest BCUT2D eigenvalue weighted by atomic mass is 16.5. The second kappa shape index (κ2) is 7.63. The highest BCUT2D eigenvalue weighted by molar-refractivity contribution is 5.88. The van der Waals surface area contributed by atoms with Crippen LogP contribution in [0.5, 0.6) is 5.75 Å². The van der Waals surface area contributed by atoms with Crippen molar-refractivity contribution in [3.8, 4) is 5.75 Å². The Bertz CT molecular complexity index is 1100. The molecule has 7 nitrogen and oxygen atoms in total. The lowest BCUT2D eigenvalue weighted by atomic mass is 10.1. The number of aryl methyl sites for hydroxylation is 2. The molecule has 3 aromatic rings. The van der Waals surface area contributed by atoms with Crippen molar-refractivity contribution in [2.75, 3.05) is 18.0 Å². The molecule has 2 N–H and O–H groups in total. The molecule has 1 aliphatic heterocycles. The lowest BCUT2D eigenvalue weighted by Crippen LogP contribution is -2.39. The fraction of sp³-hybridized carbons (Fsp3) is 0.435. The van der Waals surface area contributed by atoms with Crippen LogP contribution in [-0.2, 0) is 24.2 Å². The number of aromatic nitrogens is 3. The average molecular weight is 406 g/mol. The van der Waals surface area contributed by atoms with Crippen molar-refractivity contribution in [1.82, 2.24) is 14.5 Å². The number of carbonyl (C=O) groups excluding carboxylic acids is 1. The van der Waals surface area contributed by atoms with E-state index in [0.717, 1.165) is 67.1 Å². The van der Waals surface area contributed by atoms with Crippen molar-refractivity contribution in [2.45, 2.75) is 51.7 Å². The van der Waals surface area contributed by atoms with E-state index >= 15 is 0 Å². The highest BCUT2D eigenvalue weighted by Crippen LogP contribution is 2.32. The van der Waals surface area contributed by atoms with Gasteiger partial charge in [-0.2, -0.15) is 0 Å². The van der Waals surface area contributed by atoms with Crippen LogP contribution in [0.15, 0.2) is 30.5 Å². The summed E-state index contributed by atoms with van der Waals surface area (Å²) in [5, 5.41) is 1.02. The van der Waals surface area contributed by atoms with Crippen LogP contribution < -0.4 is 15.4 Å². The van der Waals surface area contributed by atoms with Gasteiger partial charge in [0, 0.05) is 48.8 Å². The summed E-state index contributed by atoms with van der Waals surface area (Å²) in [7, 11) is 0. The number of nitrogens with two attached hydrogens (primary N) is 1. The van der Waals surface area contributed by atoms with E-state index in [-0.39, 0.29) is 18.6 Å². The molecule has 7 heteroatoms. The van der Waals surface area contributed by atoms with Gasteiger partial charge in [0.25, 0.3) is 0 Å². The minimum atomic E-state index is -0.349. The predicted octanol–water partition coefficient (Wildman–Crippen LogP) is 2.76. The number of fused-ring (bicyclic) bond motifs is 2. The molecule has 1 aliphatic carbocycles. The van der Waals surface area contributed by atoms with E-state index < -0.39 is 0 Å². The van der Waals surface area contributed by atoms with Gasteiger partial charge < -0.3 is 19.9 Å². The van der Waals surface area contributed by atoms with Crippen LogP contribution >= 0.6 is 0 Å². The Kier molecular flexibility index (Phi) is 4.81. The first-order chi connectivity index (χ1) is 14.6. The second-order valence-electron chi connectivity index (χ2n) is 8.28. The number of carbonyl (C=O) groups is 1. The molecule has 1 saturated heterocycles. The summed E-state index contributed by atoms with van der Waals surface area (Å²) in [6.45, 7) is 4.04. The number of hydrogen-bond acceptors (Lipinski definition) is 5. The SMILES string of the molecule is Cc1nc2c(c(N3CCC(Oc4cccc5c4ccn5CC(N)=O)CC3)n1)CCC2. The quantitative estimate of drug-likeness (QED) is 0.705. The summed E-state index contributed by atoms with van der Waals surface area (Å²) >= 11 is 0. The van der Waals surface area contributed by atoms with Crippen molar-refractivity contribution in [1.29, 1.82) is 0 Å². The molecular weight excluding hydrogens is 378 g/mol. The molecule has 3 heterocycles. The largest absolute Gasteiger partial charge is 0.490 e. The average Bonchev–Trinajstić information content (AvgIpc) is 3.35. The Morgan fingerprint density at radius 1 is 1.20 bits per heavy atom. The molecule has 5 rings (SSSR count). The standard InChI is InChI=1S/C23H27N5O2/c1-15-25-19-5-2-4-17(19)23(26-15)27-11-8-16(9-12-27)30-21-7-3-6-20-18(21)10-13-28(20)14-22(24)29/h3,6-7,10,13,16H,2,4-5,8-9,11-12,14H2,1H3,(H2,24,29). The first-order valence-electron chi connectivity index (χ1n) is 10.7. The number of ether oxygens (including phenoxy) is 1. The summed E-state index contributed by atoms with van der Waals surface area (Å²) in [4.78, 5) is 23.1. The Morgan fingerprint density at radius 3 is 2.83 bits per heavy atom. The van der Waals surface area contributed by atoms with E-state index in [0.29, 0.717) is 0 Å². The van der Waals surface area contributed by atoms with Gasteiger partial charge in [0.2, 0.25) is 5.91 Å². The van der Waals surface area contributed by atoms with Gasteiger partial charge in [-0.3, -0.25) is 4.79 Å². The van der Waals surface area contributed by atoms with E-state index in [9.17, 15) is 4.79 Å². The third-order valence-electron chi connectivity index (χ3n) is 6.16. The molecule has 1 aromatic carbocycles. The molecule has 1 fully saturated rings. The molecule has 2 aliphatic rings. The van der Waals surface area contributed by atoms with Crippen LogP contribution in [0.1, 0.15) is 36.3 Å². The molecule has 0 unspecified atom stereocenters.